The highest BCUT2D eigenvalue weighted by Crippen LogP contribution is 2.34. The highest BCUT2D eigenvalue weighted by molar-refractivity contribution is 6.06. The number of rotatable bonds is 8. The summed E-state index contributed by atoms with van der Waals surface area (Å²) in [4.78, 5) is 67.3. The lowest BCUT2D eigenvalue weighted by Crippen LogP contribution is -2.53. The third-order valence-corrected chi connectivity index (χ3v) is 7.42. The van der Waals surface area contributed by atoms with Crippen molar-refractivity contribution >= 4 is 35.4 Å². The van der Waals surface area contributed by atoms with Gasteiger partial charge in [0.15, 0.2) is 0 Å². The molecule has 0 aromatic heterocycles. The molecular weight excluding hydrogens is 516 g/mol. The molecule has 2 unspecified atom stereocenters. The van der Waals surface area contributed by atoms with E-state index in [0.717, 1.165) is 11.3 Å². The predicted octanol–water partition coefficient (Wildman–Crippen LogP) is 1.12. The number of unbranched alkanes of at least 4 members (excludes halogenated alkanes) is 1. The van der Waals surface area contributed by atoms with E-state index >= 15 is 0 Å². The number of carbonyl (C=O) groups excluding carboxylic acids is 5. The van der Waals surface area contributed by atoms with Gasteiger partial charge in [0.1, 0.15) is 11.6 Å². The first-order valence-electron chi connectivity index (χ1n) is 14.0. The Bertz CT molecular complexity index is 1160. The maximum atomic E-state index is 13.1. The molecule has 3 aliphatic rings. The number of imide groups is 1. The monoisotopic (exact) mass is 556 g/mol. The summed E-state index contributed by atoms with van der Waals surface area (Å²) in [6.45, 7) is 8.42. The third-order valence-electron chi connectivity index (χ3n) is 7.42. The number of amides is 5. The van der Waals surface area contributed by atoms with Crippen LogP contribution in [0.25, 0.3) is 0 Å². The molecule has 12 nitrogen and oxygen atoms in total. The van der Waals surface area contributed by atoms with Crippen molar-refractivity contribution in [1.29, 1.82) is 0 Å². The van der Waals surface area contributed by atoms with Crippen LogP contribution in [0.2, 0.25) is 0 Å². The van der Waals surface area contributed by atoms with E-state index in [-0.39, 0.29) is 24.1 Å². The number of anilines is 1. The summed E-state index contributed by atoms with van der Waals surface area (Å²) in [5.74, 6) is -1.03. The van der Waals surface area contributed by atoms with Crippen molar-refractivity contribution in [1.82, 2.24) is 20.4 Å². The van der Waals surface area contributed by atoms with Crippen molar-refractivity contribution in [3.05, 3.63) is 29.3 Å². The molecule has 1 aromatic rings. The second-order valence-corrected chi connectivity index (χ2v) is 11.5. The van der Waals surface area contributed by atoms with E-state index in [4.69, 9.17) is 10.5 Å². The molecule has 5 amide bonds. The Morgan fingerprint density at radius 3 is 2.52 bits per heavy atom. The van der Waals surface area contributed by atoms with Crippen LogP contribution in [0.5, 0.6) is 0 Å². The van der Waals surface area contributed by atoms with Crippen molar-refractivity contribution < 1.29 is 28.7 Å². The van der Waals surface area contributed by atoms with Gasteiger partial charge in [-0.05, 0) is 58.6 Å². The maximum Gasteiger partial charge on any atom is 0.407 e. The van der Waals surface area contributed by atoms with Crippen molar-refractivity contribution in [3.8, 4) is 0 Å². The molecular formula is C28H40N6O6. The number of hydrogen-bond acceptors (Lipinski definition) is 8. The number of benzene rings is 1. The lowest BCUT2D eigenvalue weighted by Gasteiger charge is -2.38. The van der Waals surface area contributed by atoms with Gasteiger partial charge in [-0.3, -0.25) is 24.5 Å². The summed E-state index contributed by atoms with van der Waals surface area (Å²) >= 11 is 0. The minimum absolute atomic E-state index is 0.0859. The zero-order valence-electron chi connectivity index (χ0n) is 23.5. The second kappa shape index (κ2) is 12.2. The minimum atomic E-state index is -0.658. The molecule has 3 aliphatic heterocycles. The van der Waals surface area contributed by atoms with Crippen LogP contribution in [-0.2, 0) is 25.7 Å². The van der Waals surface area contributed by atoms with E-state index in [1.807, 2.05) is 32.9 Å². The van der Waals surface area contributed by atoms with E-state index in [0.29, 0.717) is 70.5 Å². The number of alkyl carbamates (subject to hydrolysis) is 1. The van der Waals surface area contributed by atoms with E-state index in [9.17, 15) is 24.0 Å². The summed E-state index contributed by atoms with van der Waals surface area (Å²) in [7, 11) is 0. The Morgan fingerprint density at radius 1 is 1.12 bits per heavy atom. The highest BCUT2D eigenvalue weighted by Gasteiger charge is 2.40. The number of piperidine rings is 1. The topological polar surface area (TPSA) is 154 Å². The van der Waals surface area contributed by atoms with Crippen molar-refractivity contribution in [3.63, 3.8) is 0 Å². The van der Waals surface area contributed by atoms with Crippen LogP contribution in [0, 0.1) is 0 Å². The molecule has 40 heavy (non-hydrogen) atoms. The summed E-state index contributed by atoms with van der Waals surface area (Å²) in [5.41, 5.74) is 8.02. The first-order chi connectivity index (χ1) is 18.9. The number of nitrogens with zero attached hydrogens (tertiary/aromatic N) is 3. The third kappa shape index (κ3) is 6.90. The summed E-state index contributed by atoms with van der Waals surface area (Å²) in [6.07, 6.45) is 2.01. The van der Waals surface area contributed by atoms with Crippen molar-refractivity contribution in [2.24, 2.45) is 5.73 Å². The molecule has 3 heterocycles. The SMILES string of the molecule is CC(C)(C)OC(=O)NCCCCC(N)C(=O)N1CCN(c2cccc3c2CN(C2CCC(=O)NC2=O)C3=O)CC1. The van der Waals surface area contributed by atoms with E-state index in [1.165, 1.54) is 0 Å². The van der Waals surface area contributed by atoms with Crippen LogP contribution in [0.15, 0.2) is 18.2 Å². The molecule has 0 spiro atoms. The van der Waals surface area contributed by atoms with Gasteiger partial charge >= 0.3 is 6.09 Å². The Hall–Kier alpha value is -3.67. The van der Waals surface area contributed by atoms with Crippen LogP contribution in [-0.4, -0.2) is 89.9 Å². The number of fused-ring (bicyclic) bond motifs is 1. The Balaban J connectivity index is 1.25. The van der Waals surface area contributed by atoms with Gasteiger partial charge in [-0.25, -0.2) is 4.79 Å². The van der Waals surface area contributed by atoms with Crippen molar-refractivity contribution in [2.45, 2.75) is 77.1 Å². The fourth-order valence-corrected chi connectivity index (χ4v) is 5.39. The molecule has 4 rings (SSSR count). The molecule has 1 aromatic carbocycles. The van der Waals surface area contributed by atoms with Gasteiger partial charge in [0.25, 0.3) is 5.91 Å². The molecule has 0 saturated carbocycles. The molecule has 2 atom stereocenters. The Kier molecular flexibility index (Phi) is 8.97. The zero-order valence-corrected chi connectivity index (χ0v) is 23.5. The molecule has 218 valence electrons. The van der Waals surface area contributed by atoms with Gasteiger partial charge in [0.05, 0.1) is 6.04 Å². The summed E-state index contributed by atoms with van der Waals surface area (Å²) < 4.78 is 5.21. The van der Waals surface area contributed by atoms with Crippen LogP contribution in [0.1, 0.15) is 68.8 Å². The number of carbonyl (C=O) groups is 5. The smallest absolute Gasteiger partial charge is 0.407 e. The molecule has 0 aliphatic carbocycles. The van der Waals surface area contributed by atoms with Crippen LogP contribution < -0.4 is 21.3 Å². The van der Waals surface area contributed by atoms with Gasteiger partial charge in [-0.2, -0.15) is 0 Å². The van der Waals surface area contributed by atoms with Crippen molar-refractivity contribution in [2.75, 3.05) is 37.6 Å². The molecule has 2 fully saturated rings. The van der Waals surface area contributed by atoms with E-state index in [1.54, 1.807) is 15.9 Å². The summed E-state index contributed by atoms with van der Waals surface area (Å²) in [5, 5.41) is 5.05. The first-order valence-corrected chi connectivity index (χ1v) is 14.0. The quantitative estimate of drug-likeness (QED) is 0.318. The van der Waals surface area contributed by atoms with Gasteiger partial charge in [0.2, 0.25) is 17.7 Å². The van der Waals surface area contributed by atoms with Crippen LogP contribution in [0.4, 0.5) is 10.5 Å². The number of hydrogen-bond donors (Lipinski definition) is 3. The van der Waals surface area contributed by atoms with Crippen LogP contribution in [0.3, 0.4) is 0 Å². The number of piperazine rings is 1. The molecule has 12 heteroatoms. The Labute approximate surface area is 234 Å². The normalized spacial score (nSPS) is 20.2. The largest absolute Gasteiger partial charge is 0.444 e. The molecule has 0 radical (unpaired) electrons. The Morgan fingerprint density at radius 2 is 1.85 bits per heavy atom. The van der Waals surface area contributed by atoms with E-state index < -0.39 is 29.7 Å². The zero-order chi connectivity index (χ0) is 29.0. The van der Waals surface area contributed by atoms with Gasteiger partial charge < -0.3 is 30.5 Å². The number of ether oxygens (including phenoxy) is 1. The number of nitrogens with one attached hydrogen (secondary N) is 2. The lowest BCUT2D eigenvalue weighted by atomic mass is 10.0. The second-order valence-electron chi connectivity index (χ2n) is 11.5. The fourth-order valence-electron chi connectivity index (χ4n) is 5.39. The summed E-state index contributed by atoms with van der Waals surface area (Å²) in [6, 6.07) is 4.32. The lowest BCUT2D eigenvalue weighted by molar-refractivity contribution is -0.137. The fraction of sp³-hybridized carbons (Fsp3) is 0.607. The standard InChI is InChI=1S/C28H40N6O6/c1-28(2,3)40-27(39)30-12-5-4-8-20(29)26(38)33-15-13-32(14-16-33)21-9-6-7-18-19(21)17-34(25(18)37)22-10-11-23(35)31-24(22)36/h6-7,9,20,22H,4-5,8,10-17,29H2,1-3H3,(H,30,39)(H,31,35,36). The maximum absolute atomic E-state index is 13.1. The molecule has 2 saturated heterocycles. The minimum Gasteiger partial charge on any atom is -0.444 e. The average Bonchev–Trinajstić information content (AvgIpc) is 3.23. The highest BCUT2D eigenvalue weighted by atomic mass is 16.6. The average molecular weight is 557 g/mol. The molecule has 0 bridgehead atoms. The predicted molar refractivity (Wildman–Crippen MR) is 147 cm³/mol. The van der Waals surface area contributed by atoms with Gasteiger partial charge in [0, 0.05) is 62.5 Å². The first kappa shape index (κ1) is 29.3. The van der Waals surface area contributed by atoms with Crippen LogP contribution >= 0.6 is 0 Å². The molecule has 4 N–H and O–H groups in total. The van der Waals surface area contributed by atoms with Gasteiger partial charge in [-0.15, -0.1) is 0 Å². The van der Waals surface area contributed by atoms with Gasteiger partial charge in [-0.1, -0.05) is 6.07 Å². The van der Waals surface area contributed by atoms with E-state index in [2.05, 4.69) is 15.5 Å². The number of nitrogens with two attached hydrogens (primary N) is 1.